The summed E-state index contributed by atoms with van der Waals surface area (Å²) in [5, 5.41) is 11.1. The molecule has 2 aromatic heterocycles. The van der Waals surface area contributed by atoms with Crippen LogP contribution in [0.3, 0.4) is 0 Å². The minimum atomic E-state index is 0.00938. The van der Waals surface area contributed by atoms with Gasteiger partial charge in [-0.3, -0.25) is 4.99 Å². The van der Waals surface area contributed by atoms with E-state index >= 15 is 0 Å². The van der Waals surface area contributed by atoms with Gasteiger partial charge in [-0.15, -0.1) is 0 Å². The number of rotatable bonds is 3. The minimum absolute atomic E-state index is 0.00938. The predicted molar refractivity (Wildman–Crippen MR) is 81.7 cm³/mol. The van der Waals surface area contributed by atoms with Crippen LogP contribution in [0.5, 0.6) is 5.88 Å². The molecular formula is C13H14ClN5O. The maximum absolute atomic E-state index is 10.0. The number of halogens is 1. The highest BCUT2D eigenvalue weighted by Gasteiger charge is 2.14. The van der Waals surface area contributed by atoms with Gasteiger partial charge >= 0.3 is 0 Å². The normalized spacial score (nSPS) is 13.6. The van der Waals surface area contributed by atoms with E-state index in [2.05, 4.69) is 20.0 Å². The Hall–Kier alpha value is -2.34. The molecule has 0 unspecified atom stereocenters. The van der Waals surface area contributed by atoms with Crippen LogP contribution >= 0.6 is 11.6 Å². The van der Waals surface area contributed by atoms with E-state index in [4.69, 9.17) is 17.3 Å². The number of nitrogens with two attached hydrogens (primary N) is 1. The lowest BCUT2D eigenvalue weighted by molar-refractivity contribution is 0.457. The van der Waals surface area contributed by atoms with Crippen molar-refractivity contribution in [2.75, 3.05) is 7.05 Å². The van der Waals surface area contributed by atoms with Gasteiger partial charge in [0.05, 0.1) is 28.7 Å². The molecule has 0 fully saturated rings. The lowest BCUT2D eigenvalue weighted by Gasteiger charge is -2.01. The Labute approximate surface area is 120 Å². The van der Waals surface area contributed by atoms with E-state index in [9.17, 15) is 5.11 Å². The first-order valence-corrected chi connectivity index (χ1v) is 6.20. The summed E-state index contributed by atoms with van der Waals surface area (Å²) in [7, 11) is 1.63. The van der Waals surface area contributed by atoms with Crippen LogP contribution < -0.4 is 5.73 Å². The number of aliphatic imine (C=N–C) groups is 2. The number of hydrogen-bond donors (Lipinski definition) is 3. The van der Waals surface area contributed by atoms with E-state index < -0.39 is 0 Å². The number of H-pyrrole nitrogens is 1. The van der Waals surface area contributed by atoms with Crippen molar-refractivity contribution in [1.29, 1.82) is 0 Å². The van der Waals surface area contributed by atoms with E-state index in [-0.39, 0.29) is 5.88 Å². The van der Waals surface area contributed by atoms with Crippen molar-refractivity contribution >= 4 is 34.4 Å². The number of hydrogen-bond acceptors (Lipinski definition) is 5. The molecule has 6 nitrogen and oxygen atoms in total. The molecule has 2 rings (SSSR count). The number of pyridine rings is 1. The van der Waals surface area contributed by atoms with Crippen molar-refractivity contribution in [2.45, 2.75) is 6.92 Å². The van der Waals surface area contributed by atoms with Crippen LogP contribution in [-0.2, 0) is 0 Å². The van der Waals surface area contributed by atoms with Gasteiger partial charge in [0.1, 0.15) is 5.15 Å². The van der Waals surface area contributed by atoms with Gasteiger partial charge in [-0.25, -0.2) is 9.98 Å². The van der Waals surface area contributed by atoms with Crippen LogP contribution in [0.4, 0.5) is 0 Å². The van der Waals surface area contributed by atoms with Gasteiger partial charge in [-0.1, -0.05) is 11.6 Å². The summed E-state index contributed by atoms with van der Waals surface area (Å²) >= 11 is 5.89. The van der Waals surface area contributed by atoms with Crippen molar-refractivity contribution in [3.8, 4) is 5.88 Å². The molecule has 7 heteroatoms. The predicted octanol–water partition coefficient (Wildman–Crippen LogP) is 2.23. The number of aromatic amines is 1. The maximum atomic E-state index is 10.0. The highest BCUT2D eigenvalue weighted by molar-refractivity contribution is 6.30. The molecule has 0 aliphatic rings. The quantitative estimate of drug-likeness (QED) is 0.597. The zero-order valence-corrected chi connectivity index (χ0v) is 11.8. The molecule has 104 valence electrons. The Bertz CT molecular complexity index is 730. The number of fused-ring (bicyclic) bond motifs is 1. The summed E-state index contributed by atoms with van der Waals surface area (Å²) in [4.78, 5) is 15.0. The third-order valence-corrected chi connectivity index (χ3v) is 2.93. The number of aromatic nitrogens is 2. The molecule has 2 aromatic rings. The zero-order valence-electron chi connectivity index (χ0n) is 11.1. The Morgan fingerprint density at radius 2 is 2.30 bits per heavy atom. The fourth-order valence-corrected chi connectivity index (χ4v) is 2.07. The van der Waals surface area contributed by atoms with Crippen LogP contribution in [0.15, 0.2) is 34.1 Å². The monoisotopic (exact) mass is 291 g/mol. The van der Waals surface area contributed by atoms with Gasteiger partial charge in [-0.2, -0.15) is 0 Å². The van der Waals surface area contributed by atoms with E-state index in [1.807, 2.05) is 0 Å². The van der Waals surface area contributed by atoms with Gasteiger partial charge in [0, 0.05) is 24.8 Å². The van der Waals surface area contributed by atoms with Crippen molar-refractivity contribution in [1.82, 2.24) is 9.97 Å². The van der Waals surface area contributed by atoms with Crippen LogP contribution in [-0.4, -0.2) is 34.0 Å². The first-order chi connectivity index (χ1) is 9.56. The van der Waals surface area contributed by atoms with E-state index in [0.29, 0.717) is 27.6 Å². The molecule has 0 aromatic carbocycles. The molecule has 2 heterocycles. The largest absolute Gasteiger partial charge is 0.494 e. The van der Waals surface area contributed by atoms with E-state index in [1.165, 1.54) is 12.4 Å². The first-order valence-electron chi connectivity index (χ1n) is 5.82. The second-order valence-corrected chi connectivity index (χ2v) is 4.46. The molecule has 4 N–H and O–H groups in total. The topological polar surface area (TPSA) is 99.6 Å². The summed E-state index contributed by atoms with van der Waals surface area (Å²) in [6.45, 7) is 1.77. The average molecular weight is 292 g/mol. The molecule has 0 saturated carbocycles. The number of nitrogens with one attached hydrogen (secondary N) is 1. The fourth-order valence-electron chi connectivity index (χ4n) is 1.91. The number of nitrogens with zero attached hydrogens (tertiary/aromatic N) is 3. The Morgan fingerprint density at radius 1 is 1.55 bits per heavy atom. The van der Waals surface area contributed by atoms with Gasteiger partial charge in [0.25, 0.3) is 0 Å². The molecule has 20 heavy (non-hydrogen) atoms. The third-order valence-electron chi connectivity index (χ3n) is 2.72. The van der Waals surface area contributed by atoms with Crippen molar-refractivity contribution in [3.63, 3.8) is 0 Å². The second-order valence-electron chi connectivity index (χ2n) is 4.08. The SMILES string of the molecule is CN=C/C(=C\N)N=C(C)c1c(O)[nH]c2cnc(Cl)cc12. The Morgan fingerprint density at radius 3 is 2.95 bits per heavy atom. The summed E-state index contributed by atoms with van der Waals surface area (Å²) in [6.07, 6.45) is 4.43. The minimum Gasteiger partial charge on any atom is -0.494 e. The fraction of sp³-hybridized carbons (Fsp3) is 0.154. The Kier molecular flexibility index (Phi) is 4.05. The smallest absolute Gasteiger partial charge is 0.198 e. The molecule has 0 atom stereocenters. The summed E-state index contributed by atoms with van der Waals surface area (Å²) < 4.78 is 0. The molecule has 0 bridgehead atoms. The van der Waals surface area contributed by atoms with Crippen LogP contribution in [0, 0.1) is 0 Å². The standard InChI is InChI=1S/C13H14ClN5O/c1-7(18-8(4-15)5-16-2)12-9-3-11(14)17-6-10(9)19-13(12)20/h3-6,19-20H,15H2,1-2H3/b8-4+,16-5?,18-7?. The first kappa shape index (κ1) is 14.1. The molecular weight excluding hydrogens is 278 g/mol. The van der Waals surface area contributed by atoms with Crippen molar-refractivity contribution in [2.24, 2.45) is 15.7 Å². The molecule has 0 spiro atoms. The van der Waals surface area contributed by atoms with Crippen molar-refractivity contribution < 1.29 is 5.11 Å². The summed E-state index contributed by atoms with van der Waals surface area (Å²) in [6, 6.07) is 1.67. The van der Waals surface area contributed by atoms with E-state index in [0.717, 1.165) is 5.39 Å². The summed E-state index contributed by atoms with van der Waals surface area (Å²) in [5.74, 6) is 0.00938. The van der Waals surface area contributed by atoms with Crippen LogP contribution in [0.25, 0.3) is 10.9 Å². The maximum Gasteiger partial charge on any atom is 0.198 e. The number of aromatic hydroxyl groups is 1. The molecule has 0 aliphatic heterocycles. The highest BCUT2D eigenvalue weighted by Crippen LogP contribution is 2.29. The Balaban J connectivity index is 2.59. The second kappa shape index (κ2) is 5.75. The van der Waals surface area contributed by atoms with Gasteiger partial charge < -0.3 is 15.8 Å². The van der Waals surface area contributed by atoms with E-state index in [1.54, 1.807) is 26.2 Å². The average Bonchev–Trinajstić information content (AvgIpc) is 2.73. The molecule has 0 amide bonds. The van der Waals surface area contributed by atoms with Gasteiger partial charge in [0.15, 0.2) is 5.88 Å². The lowest BCUT2D eigenvalue weighted by atomic mass is 10.1. The van der Waals surface area contributed by atoms with Crippen LogP contribution in [0.2, 0.25) is 5.15 Å². The van der Waals surface area contributed by atoms with Gasteiger partial charge in [0.2, 0.25) is 0 Å². The highest BCUT2D eigenvalue weighted by atomic mass is 35.5. The van der Waals surface area contributed by atoms with Gasteiger partial charge in [-0.05, 0) is 13.0 Å². The lowest BCUT2D eigenvalue weighted by Crippen LogP contribution is -1.98. The number of allylic oxidation sites excluding steroid dienone is 1. The molecule has 0 radical (unpaired) electrons. The van der Waals surface area contributed by atoms with Crippen LogP contribution in [0.1, 0.15) is 12.5 Å². The molecule has 0 saturated heterocycles. The zero-order chi connectivity index (χ0) is 14.7. The molecule has 0 aliphatic carbocycles. The summed E-state index contributed by atoms with van der Waals surface area (Å²) in [5.41, 5.74) is 7.81. The van der Waals surface area contributed by atoms with Crippen molar-refractivity contribution in [3.05, 3.63) is 34.9 Å². The third kappa shape index (κ3) is 2.65.